The molecule has 0 heterocycles. The maximum Gasteiger partial charge on any atom is 0.0424 e. The van der Waals surface area contributed by atoms with Crippen molar-refractivity contribution in [1.29, 1.82) is 0 Å². The zero-order valence-corrected chi connectivity index (χ0v) is 11.5. The monoisotopic (exact) mass is 258 g/mol. The van der Waals surface area contributed by atoms with Crippen LogP contribution in [0.15, 0.2) is 59.5 Å². The van der Waals surface area contributed by atoms with E-state index in [1.807, 2.05) is 56.3 Å². The average molecular weight is 258 g/mol. The van der Waals surface area contributed by atoms with Gasteiger partial charge in [-0.15, -0.1) is 10.3 Å². The molecule has 0 aliphatic heterocycles. The minimum Gasteiger partial charge on any atom is -0.347 e. The fourth-order valence-electron chi connectivity index (χ4n) is 1.77. The van der Waals surface area contributed by atoms with Crippen LogP contribution in [-0.4, -0.2) is 9.80 Å². The second-order valence-corrected chi connectivity index (χ2v) is 7.38. The maximum atomic E-state index is 10.3. The summed E-state index contributed by atoms with van der Waals surface area (Å²) in [5.41, 5.74) is 2.31. The molecule has 1 nitrogen and oxygen atoms in total. The van der Waals surface area contributed by atoms with Crippen molar-refractivity contribution in [3.05, 3.63) is 60.9 Å². The molecule has 2 radical (unpaired) electrons. The van der Waals surface area contributed by atoms with Gasteiger partial charge in [0.25, 0.3) is 0 Å². The molecule has 2 aromatic rings. The van der Waals surface area contributed by atoms with Gasteiger partial charge in [0.2, 0.25) is 0 Å². The van der Waals surface area contributed by atoms with Gasteiger partial charge >= 0.3 is 0 Å². The smallest absolute Gasteiger partial charge is 0.0424 e. The van der Waals surface area contributed by atoms with E-state index in [-0.39, 0.29) is 5.25 Å². The molecule has 2 rings (SSSR count). The Morgan fingerprint density at radius 3 is 1.89 bits per heavy atom. The molecule has 0 fully saturated rings. The van der Waals surface area contributed by atoms with Crippen LogP contribution in [0.1, 0.15) is 13.8 Å². The molecule has 1 atom stereocenters. The van der Waals surface area contributed by atoms with Crippen molar-refractivity contribution in [3.63, 3.8) is 0 Å². The lowest BCUT2D eigenvalue weighted by Gasteiger charge is -2.33. The van der Waals surface area contributed by atoms with E-state index in [9.17, 15) is 4.55 Å². The molecule has 0 bridgehead atoms. The third-order valence-corrected chi connectivity index (χ3v) is 5.52. The first-order chi connectivity index (χ1) is 8.51. The van der Waals surface area contributed by atoms with Crippen molar-refractivity contribution in [2.75, 3.05) is 0 Å². The van der Waals surface area contributed by atoms with Crippen LogP contribution in [0.2, 0.25) is 0 Å². The Labute approximate surface area is 111 Å². The molecular formula is C16H18OS. The largest absolute Gasteiger partial charge is 0.347 e. The summed E-state index contributed by atoms with van der Waals surface area (Å²) in [5, 5.41) is 0.0556. The summed E-state index contributed by atoms with van der Waals surface area (Å²) in [4.78, 5) is 0.831. The number of hydrogen-bond acceptors (Lipinski definition) is 1. The average Bonchev–Trinajstić information content (AvgIpc) is 2.40. The highest BCUT2D eigenvalue weighted by Gasteiger charge is 2.21. The van der Waals surface area contributed by atoms with E-state index in [1.54, 1.807) is 0 Å². The quantitative estimate of drug-likeness (QED) is 0.815. The van der Waals surface area contributed by atoms with E-state index in [2.05, 4.69) is 12.1 Å². The summed E-state index contributed by atoms with van der Waals surface area (Å²) in [5.74, 6) is 0. The molecule has 0 aliphatic rings. The summed E-state index contributed by atoms with van der Waals surface area (Å²) in [6.45, 7) is 3.89. The maximum absolute atomic E-state index is 10.3. The van der Waals surface area contributed by atoms with E-state index in [0.29, 0.717) is 0 Å². The van der Waals surface area contributed by atoms with Crippen molar-refractivity contribution in [2.45, 2.75) is 24.0 Å². The first-order valence-corrected chi connectivity index (χ1v) is 7.71. The van der Waals surface area contributed by atoms with Crippen molar-refractivity contribution in [1.82, 2.24) is 0 Å². The zero-order valence-electron chi connectivity index (χ0n) is 10.7. The molecule has 1 unspecified atom stereocenters. The molecule has 2 heteroatoms. The second kappa shape index (κ2) is 5.17. The summed E-state index contributed by atoms with van der Waals surface area (Å²) in [6.07, 6.45) is 6.01. The summed E-state index contributed by atoms with van der Waals surface area (Å²) < 4.78 is 10.3. The standard InChI is InChI=1S/C16H18OS/c1-13(2)18(3,17)16-11-9-15(10-12-16)14-7-5-4-6-8-14/h3-13,17H,1-2H3. The highest BCUT2D eigenvalue weighted by Crippen LogP contribution is 2.54. The Kier molecular flexibility index (Phi) is 3.79. The van der Waals surface area contributed by atoms with E-state index in [1.165, 1.54) is 5.56 Å². The topological polar surface area (TPSA) is 20.2 Å². The van der Waals surface area contributed by atoms with Crippen LogP contribution in [0.3, 0.4) is 0 Å². The van der Waals surface area contributed by atoms with Gasteiger partial charge in [0.1, 0.15) is 0 Å². The minimum absolute atomic E-state index is 0.0556. The van der Waals surface area contributed by atoms with Crippen molar-refractivity contribution in [3.8, 4) is 11.1 Å². The van der Waals surface area contributed by atoms with Crippen molar-refractivity contribution in [2.24, 2.45) is 0 Å². The molecule has 0 aromatic heterocycles. The fraction of sp³-hybridized carbons (Fsp3) is 0.188. The van der Waals surface area contributed by atoms with Crippen LogP contribution in [0.25, 0.3) is 11.1 Å². The first-order valence-electron chi connectivity index (χ1n) is 5.99. The third kappa shape index (κ3) is 2.60. The number of rotatable bonds is 3. The van der Waals surface area contributed by atoms with Gasteiger partial charge in [-0.25, -0.2) is 0 Å². The molecule has 2 aromatic carbocycles. The number of hydrogen-bond donors (Lipinski definition) is 1. The molecule has 0 amide bonds. The van der Waals surface area contributed by atoms with Crippen LogP contribution in [0.5, 0.6) is 0 Å². The lowest BCUT2D eigenvalue weighted by Crippen LogP contribution is -2.07. The van der Waals surface area contributed by atoms with Gasteiger partial charge in [-0.3, -0.25) is 0 Å². The van der Waals surface area contributed by atoms with Crippen LogP contribution < -0.4 is 0 Å². The number of benzene rings is 2. The minimum atomic E-state index is -2.18. The van der Waals surface area contributed by atoms with Crippen LogP contribution >= 0.6 is 10.3 Å². The lowest BCUT2D eigenvalue weighted by atomic mass is 10.1. The van der Waals surface area contributed by atoms with Gasteiger partial charge in [-0.1, -0.05) is 56.3 Å². The van der Waals surface area contributed by atoms with Crippen LogP contribution in [0.4, 0.5) is 0 Å². The molecule has 0 spiro atoms. The molecule has 0 aliphatic carbocycles. The van der Waals surface area contributed by atoms with E-state index in [0.717, 1.165) is 10.5 Å². The van der Waals surface area contributed by atoms with Crippen molar-refractivity contribution < 1.29 is 4.55 Å². The van der Waals surface area contributed by atoms with Gasteiger partial charge in [-0.05, 0) is 23.3 Å². The molecule has 18 heavy (non-hydrogen) atoms. The predicted octanol–water partition coefficient (Wildman–Crippen LogP) is 5.07. The Hall–Kier alpha value is -1.25. The van der Waals surface area contributed by atoms with Crippen molar-refractivity contribution >= 4 is 10.3 Å². The van der Waals surface area contributed by atoms with E-state index >= 15 is 0 Å². The zero-order chi connectivity index (χ0) is 13.2. The third-order valence-electron chi connectivity index (χ3n) is 3.06. The summed E-state index contributed by atoms with van der Waals surface area (Å²) in [6, 6.07) is 18.0. The molecule has 0 saturated heterocycles. The molecule has 94 valence electrons. The lowest BCUT2D eigenvalue weighted by molar-refractivity contribution is 0.623. The SMILES string of the molecule is [CH]S(O)(c1ccc(-c2ccccc2)cc1)C(C)C. The highest BCUT2D eigenvalue weighted by atomic mass is 32.3. The summed E-state index contributed by atoms with van der Waals surface area (Å²) in [7, 11) is -2.18. The van der Waals surface area contributed by atoms with Gasteiger partial charge < -0.3 is 4.55 Å². The Bertz CT molecular complexity index is 500. The molecular weight excluding hydrogens is 240 g/mol. The highest BCUT2D eigenvalue weighted by molar-refractivity contribution is 8.30. The van der Waals surface area contributed by atoms with Crippen LogP contribution in [-0.2, 0) is 0 Å². The Morgan fingerprint density at radius 1 is 0.889 bits per heavy atom. The van der Waals surface area contributed by atoms with Gasteiger partial charge in [0.15, 0.2) is 0 Å². The van der Waals surface area contributed by atoms with E-state index in [4.69, 9.17) is 6.26 Å². The van der Waals surface area contributed by atoms with Gasteiger partial charge in [0, 0.05) is 16.4 Å². The second-order valence-electron chi connectivity index (χ2n) is 4.61. The first kappa shape index (κ1) is 13.2. The summed E-state index contributed by atoms with van der Waals surface area (Å²) >= 11 is 0. The van der Waals surface area contributed by atoms with Gasteiger partial charge in [-0.2, -0.15) is 0 Å². The normalized spacial score (nSPS) is 16.3. The Balaban J connectivity index is 2.32. The Morgan fingerprint density at radius 2 is 1.39 bits per heavy atom. The molecule has 1 N–H and O–H groups in total. The predicted molar refractivity (Wildman–Crippen MR) is 79.8 cm³/mol. The molecule has 0 saturated carbocycles. The van der Waals surface area contributed by atoms with E-state index < -0.39 is 10.3 Å². The fourth-order valence-corrected chi connectivity index (χ4v) is 2.88. The van der Waals surface area contributed by atoms with Gasteiger partial charge in [0.05, 0.1) is 0 Å². The van der Waals surface area contributed by atoms with Crippen LogP contribution in [0, 0.1) is 6.26 Å².